The summed E-state index contributed by atoms with van der Waals surface area (Å²) in [6.07, 6.45) is 1.12. The number of morpholine rings is 1. The van der Waals surface area contributed by atoms with E-state index in [0.717, 1.165) is 21.2 Å². The molecule has 10 heteroatoms. The Morgan fingerprint density at radius 1 is 1.14 bits per heavy atom. The molecule has 8 nitrogen and oxygen atoms in total. The zero-order valence-electron chi connectivity index (χ0n) is 20.6. The fourth-order valence-corrected chi connectivity index (χ4v) is 7.20. The van der Waals surface area contributed by atoms with Crippen LogP contribution in [0.25, 0.3) is 0 Å². The van der Waals surface area contributed by atoms with Gasteiger partial charge in [-0.05, 0) is 49.9 Å². The van der Waals surface area contributed by atoms with Crippen molar-refractivity contribution < 1.29 is 27.5 Å². The van der Waals surface area contributed by atoms with E-state index in [2.05, 4.69) is 13.8 Å². The second-order valence-corrected chi connectivity index (χ2v) is 12.7. The molecule has 2 heterocycles. The van der Waals surface area contributed by atoms with E-state index < -0.39 is 10.0 Å². The predicted octanol–water partition coefficient (Wildman–Crippen LogP) is 3.69. The number of benzene rings is 1. The number of carbonyl (C=O) groups excluding carboxylic acids is 2. The third kappa shape index (κ3) is 5.35. The maximum atomic E-state index is 13.2. The van der Waals surface area contributed by atoms with E-state index >= 15 is 0 Å². The van der Waals surface area contributed by atoms with Gasteiger partial charge < -0.3 is 14.0 Å². The Morgan fingerprint density at radius 3 is 2.43 bits per heavy atom. The number of carbonyl (C=O) groups is 2. The van der Waals surface area contributed by atoms with Gasteiger partial charge in [0.05, 0.1) is 30.3 Å². The summed E-state index contributed by atoms with van der Waals surface area (Å²) in [6, 6.07) is 6.75. The van der Waals surface area contributed by atoms with Gasteiger partial charge in [0.25, 0.3) is 0 Å². The molecule has 1 fully saturated rings. The van der Waals surface area contributed by atoms with Gasteiger partial charge in [-0.1, -0.05) is 25.6 Å². The minimum absolute atomic E-state index is 0.0582. The Kier molecular flexibility index (Phi) is 7.47. The smallest absolute Gasteiger partial charge is 0.325 e. The first-order chi connectivity index (χ1) is 16.5. The van der Waals surface area contributed by atoms with Gasteiger partial charge >= 0.3 is 5.97 Å². The third-order valence-corrected chi connectivity index (χ3v) is 9.51. The van der Waals surface area contributed by atoms with E-state index in [1.54, 1.807) is 31.2 Å². The lowest BCUT2D eigenvalue weighted by atomic mass is 9.76. The van der Waals surface area contributed by atoms with Crippen molar-refractivity contribution in [2.75, 3.05) is 32.9 Å². The van der Waals surface area contributed by atoms with Crippen molar-refractivity contribution >= 4 is 33.5 Å². The minimum Gasteiger partial charge on any atom is -0.465 e. The van der Waals surface area contributed by atoms with Crippen molar-refractivity contribution in [3.8, 4) is 0 Å². The van der Waals surface area contributed by atoms with E-state index in [-0.39, 0.29) is 28.6 Å². The monoisotopic (exact) mass is 520 g/mol. The Balaban J connectivity index is 1.66. The van der Waals surface area contributed by atoms with Crippen LogP contribution in [-0.4, -0.2) is 62.0 Å². The number of aromatic nitrogens is 1. The van der Waals surface area contributed by atoms with Gasteiger partial charge in [-0.3, -0.25) is 9.59 Å². The van der Waals surface area contributed by atoms with Crippen molar-refractivity contribution in [2.24, 2.45) is 5.41 Å². The summed E-state index contributed by atoms with van der Waals surface area (Å²) in [6.45, 7) is 9.64. The molecule has 4 rings (SSSR count). The molecule has 190 valence electrons. The van der Waals surface area contributed by atoms with Crippen LogP contribution in [-0.2, 0) is 37.3 Å². The van der Waals surface area contributed by atoms with Gasteiger partial charge in [-0.25, -0.2) is 8.42 Å². The van der Waals surface area contributed by atoms with Crippen molar-refractivity contribution in [3.63, 3.8) is 0 Å². The summed E-state index contributed by atoms with van der Waals surface area (Å²) in [5.41, 5.74) is 2.18. The normalized spacial score (nSPS) is 18.3. The Morgan fingerprint density at radius 2 is 1.80 bits per heavy atom. The van der Waals surface area contributed by atoms with E-state index in [4.69, 9.17) is 9.47 Å². The molecule has 0 saturated carbocycles. The molecular formula is C25H32N2O6S2. The molecule has 0 N–H and O–H groups in total. The lowest BCUT2D eigenvalue weighted by Crippen LogP contribution is -2.40. The molecule has 1 aliphatic heterocycles. The van der Waals surface area contributed by atoms with E-state index in [9.17, 15) is 18.0 Å². The number of ether oxygens (including phenoxy) is 2. The highest BCUT2D eigenvalue weighted by atomic mass is 32.2. The van der Waals surface area contributed by atoms with Crippen molar-refractivity contribution in [1.29, 1.82) is 0 Å². The first-order valence-electron chi connectivity index (χ1n) is 11.8. The molecule has 2 aromatic rings. The molecule has 0 unspecified atom stereocenters. The van der Waals surface area contributed by atoms with Gasteiger partial charge in [-0.15, -0.1) is 0 Å². The molecule has 0 atom stereocenters. The molecule has 0 spiro atoms. The number of Topliss-reactive ketones (excluding diaryl/α,β-unsaturated/α-hetero) is 1. The number of rotatable bonds is 7. The fraction of sp³-hybridized carbons (Fsp3) is 0.520. The van der Waals surface area contributed by atoms with Crippen LogP contribution in [0.4, 0.5) is 0 Å². The van der Waals surface area contributed by atoms with E-state index in [1.165, 1.54) is 16.1 Å². The topological polar surface area (TPSA) is 94.9 Å². The summed E-state index contributed by atoms with van der Waals surface area (Å²) in [5.74, 6) is -0.269. The lowest BCUT2D eigenvalue weighted by molar-refractivity contribution is -0.143. The highest BCUT2D eigenvalue weighted by molar-refractivity contribution is 7.99. The van der Waals surface area contributed by atoms with Gasteiger partial charge in [0, 0.05) is 40.7 Å². The predicted molar refractivity (Wildman–Crippen MR) is 132 cm³/mol. The molecule has 1 aromatic carbocycles. The number of esters is 1. The Hall–Kier alpha value is -2.14. The summed E-state index contributed by atoms with van der Waals surface area (Å²) in [4.78, 5) is 27.4. The van der Waals surface area contributed by atoms with Gasteiger partial charge in [0.15, 0.2) is 5.78 Å². The molecule has 1 aliphatic carbocycles. The van der Waals surface area contributed by atoms with E-state index in [1.807, 2.05) is 11.5 Å². The number of nitrogens with zero attached hydrogens (tertiary/aromatic N) is 2. The summed E-state index contributed by atoms with van der Waals surface area (Å²) in [5, 5.41) is 0. The van der Waals surface area contributed by atoms with Gasteiger partial charge in [0.2, 0.25) is 10.0 Å². The molecular weight excluding hydrogens is 488 g/mol. The molecule has 0 radical (unpaired) electrons. The molecule has 2 aliphatic rings. The zero-order chi connectivity index (χ0) is 25.4. The SMILES string of the molecule is CCOC(=O)Cn1c(C)c(Sc2ccc(S(=O)(=O)N3CCOCC3)cc2)c2c1CC(C)(C)CC2=O. The number of sulfonamides is 1. The van der Waals surface area contributed by atoms with Crippen LogP contribution < -0.4 is 0 Å². The van der Waals surface area contributed by atoms with Crippen molar-refractivity contribution in [3.05, 3.63) is 41.2 Å². The largest absolute Gasteiger partial charge is 0.465 e. The summed E-state index contributed by atoms with van der Waals surface area (Å²) >= 11 is 1.43. The first-order valence-corrected chi connectivity index (χ1v) is 14.1. The van der Waals surface area contributed by atoms with Crippen LogP contribution in [0.2, 0.25) is 0 Å². The van der Waals surface area contributed by atoms with Crippen molar-refractivity contribution in [1.82, 2.24) is 8.87 Å². The lowest BCUT2D eigenvalue weighted by Gasteiger charge is -2.30. The molecule has 35 heavy (non-hydrogen) atoms. The average molecular weight is 521 g/mol. The quantitative estimate of drug-likeness (QED) is 0.514. The van der Waals surface area contributed by atoms with Crippen LogP contribution in [0, 0.1) is 12.3 Å². The van der Waals surface area contributed by atoms with Crippen LogP contribution in [0.5, 0.6) is 0 Å². The van der Waals surface area contributed by atoms with Crippen LogP contribution in [0.15, 0.2) is 39.0 Å². The highest BCUT2D eigenvalue weighted by Gasteiger charge is 2.37. The average Bonchev–Trinajstić information content (AvgIpc) is 3.05. The number of ketones is 1. The molecule has 1 aromatic heterocycles. The fourth-order valence-electron chi connectivity index (χ4n) is 4.69. The number of fused-ring (bicyclic) bond motifs is 1. The van der Waals surface area contributed by atoms with Crippen molar-refractivity contribution in [2.45, 2.75) is 61.8 Å². The third-order valence-electron chi connectivity index (χ3n) is 6.38. The number of hydrogen-bond donors (Lipinski definition) is 0. The molecule has 0 bridgehead atoms. The Bertz CT molecular complexity index is 1230. The maximum Gasteiger partial charge on any atom is 0.325 e. The first kappa shape index (κ1) is 25.9. The summed E-state index contributed by atoms with van der Waals surface area (Å²) in [7, 11) is -3.58. The van der Waals surface area contributed by atoms with Crippen LogP contribution in [0.1, 0.15) is 48.9 Å². The minimum atomic E-state index is -3.58. The number of hydrogen-bond acceptors (Lipinski definition) is 7. The van der Waals surface area contributed by atoms with Crippen LogP contribution >= 0.6 is 11.8 Å². The molecule has 0 amide bonds. The van der Waals surface area contributed by atoms with Gasteiger partial charge in [-0.2, -0.15) is 4.31 Å². The Labute approximate surface area is 211 Å². The highest BCUT2D eigenvalue weighted by Crippen LogP contribution is 2.44. The molecule has 1 saturated heterocycles. The van der Waals surface area contributed by atoms with E-state index in [0.29, 0.717) is 51.3 Å². The van der Waals surface area contributed by atoms with Crippen LogP contribution in [0.3, 0.4) is 0 Å². The maximum absolute atomic E-state index is 13.2. The zero-order valence-corrected chi connectivity index (χ0v) is 22.3. The second-order valence-electron chi connectivity index (χ2n) is 9.66. The summed E-state index contributed by atoms with van der Waals surface area (Å²) < 4.78 is 39.7. The van der Waals surface area contributed by atoms with Gasteiger partial charge in [0.1, 0.15) is 6.54 Å². The second kappa shape index (κ2) is 10.1. The standard InChI is InChI=1S/C25H32N2O6S2/c1-5-33-22(29)16-27-17(2)24(23-20(27)14-25(3,4)15-21(23)28)34-18-6-8-19(9-7-18)35(30,31)26-10-12-32-13-11-26/h6-9H,5,10-16H2,1-4H3.